The first-order valence-corrected chi connectivity index (χ1v) is 17.8. The quantitative estimate of drug-likeness (QED) is 0.0870. The van der Waals surface area contributed by atoms with Gasteiger partial charge in [0.05, 0.1) is 51.8 Å². The maximum atomic E-state index is 13.3. The number of aliphatic imine (C=N–C) groups is 1. The Kier molecular flexibility index (Phi) is 15.3. The number of carbonyl (C=O) groups is 2. The lowest BCUT2D eigenvalue weighted by atomic mass is 9.95. The third kappa shape index (κ3) is 9.15. The smallest absolute Gasteiger partial charge is 0.309 e. The Morgan fingerprint density at radius 1 is 0.904 bits per heavy atom. The number of nitrogens with zero attached hydrogens (tertiary/aromatic N) is 8. The first kappa shape index (κ1) is 41.2. The van der Waals surface area contributed by atoms with E-state index >= 15 is 0 Å². The summed E-state index contributed by atoms with van der Waals surface area (Å²) >= 11 is 12.1. The zero-order chi connectivity index (χ0) is 38.3. The zero-order valence-electron chi connectivity index (χ0n) is 29.3. The molecule has 0 radical (unpaired) electrons. The molecule has 14 heteroatoms. The number of nitrogens with one attached hydrogen (secondary N) is 1. The maximum Gasteiger partial charge on any atom is 0.332 e. The van der Waals surface area contributed by atoms with Gasteiger partial charge < -0.3 is 4.90 Å². The van der Waals surface area contributed by atoms with Crippen molar-refractivity contribution in [3.8, 4) is 24.3 Å². The van der Waals surface area contributed by atoms with Gasteiger partial charge in [0.15, 0.2) is 5.69 Å². The molecule has 3 fully saturated rings. The highest BCUT2D eigenvalue weighted by molar-refractivity contribution is 6.34. The number of nitriles is 4. The van der Waals surface area contributed by atoms with Crippen molar-refractivity contribution in [2.75, 3.05) is 18.0 Å². The van der Waals surface area contributed by atoms with Crippen LogP contribution in [0.15, 0.2) is 29.3 Å². The molecule has 1 saturated heterocycles. The predicted octanol–water partition coefficient (Wildman–Crippen LogP) is 8.79. The fourth-order valence-corrected chi connectivity index (χ4v) is 7.12. The van der Waals surface area contributed by atoms with E-state index in [0.717, 1.165) is 51.5 Å². The van der Waals surface area contributed by atoms with Gasteiger partial charge in [-0.3, -0.25) is 10.1 Å². The number of hydrogen-bond donors (Lipinski definition) is 1. The van der Waals surface area contributed by atoms with Crippen LogP contribution < -0.4 is 10.2 Å². The summed E-state index contributed by atoms with van der Waals surface area (Å²) in [5.41, 5.74) is 1.66. The molecule has 3 aliphatic rings. The van der Waals surface area contributed by atoms with Crippen molar-refractivity contribution >= 4 is 58.3 Å². The van der Waals surface area contributed by atoms with Gasteiger partial charge in [0.2, 0.25) is 6.08 Å². The van der Waals surface area contributed by atoms with Gasteiger partial charge >= 0.3 is 6.03 Å². The van der Waals surface area contributed by atoms with Gasteiger partial charge in [-0.25, -0.2) is 19.3 Å². The molecular formula is C38H39Cl2N9O3. The molecule has 2 aliphatic carbocycles. The molecule has 52 heavy (non-hydrogen) atoms. The fourth-order valence-electron chi connectivity index (χ4n) is 6.72. The molecule has 1 aliphatic heterocycles. The maximum absolute atomic E-state index is 13.3. The number of isocyanates is 1. The molecule has 0 unspecified atom stereocenters. The summed E-state index contributed by atoms with van der Waals surface area (Å²) in [6.45, 7) is 11.4. The zero-order valence-corrected chi connectivity index (χ0v) is 30.8. The molecule has 1 heterocycles. The molecule has 2 aromatic carbocycles. The van der Waals surface area contributed by atoms with Crippen LogP contribution in [-0.4, -0.2) is 47.1 Å². The SMILES string of the molecule is Cc1c(N2C(=O)N(CCCC#N)C3(CCCC3)C2=O)ccc(C#N)c1Cl.N#CCCCNC1(C#N)CCCC1.[C-]#[N+]c1ccc(N=C=O)c(Cl)c1C. The number of urea groups is 1. The van der Waals surface area contributed by atoms with Gasteiger partial charge in [-0.2, -0.15) is 26.0 Å². The van der Waals surface area contributed by atoms with E-state index in [4.69, 9.17) is 50.8 Å². The van der Waals surface area contributed by atoms with E-state index < -0.39 is 5.54 Å². The van der Waals surface area contributed by atoms with Crippen LogP contribution in [0, 0.1) is 65.7 Å². The van der Waals surface area contributed by atoms with Gasteiger partial charge in [-0.15, -0.1) is 0 Å². The molecule has 0 aromatic heterocycles. The Labute approximate surface area is 314 Å². The van der Waals surface area contributed by atoms with Crippen molar-refractivity contribution in [2.24, 2.45) is 4.99 Å². The molecule has 2 aromatic rings. The van der Waals surface area contributed by atoms with Gasteiger partial charge in [-0.1, -0.05) is 55.0 Å². The number of halogens is 2. The number of unbranched alkanes of at least 4 members (excludes halogenated alkanes) is 2. The minimum absolute atomic E-state index is 0.221. The molecular weight excluding hydrogens is 701 g/mol. The Hall–Kier alpha value is -5.25. The third-order valence-corrected chi connectivity index (χ3v) is 10.5. The predicted molar refractivity (Wildman–Crippen MR) is 196 cm³/mol. The van der Waals surface area contributed by atoms with Crippen LogP contribution in [0.5, 0.6) is 0 Å². The number of hydrogen-bond acceptors (Lipinski definition) is 9. The van der Waals surface area contributed by atoms with E-state index in [-0.39, 0.29) is 22.5 Å². The average molecular weight is 741 g/mol. The topological polar surface area (TPSA) is 182 Å². The number of anilines is 1. The van der Waals surface area contributed by atoms with Gasteiger partial charge in [0.1, 0.15) is 17.1 Å². The molecule has 268 valence electrons. The lowest BCUT2D eigenvalue weighted by Crippen LogP contribution is -2.47. The van der Waals surface area contributed by atoms with Gasteiger partial charge in [0.25, 0.3) is 5.91 Å². The van der Waals surface area contributed by atoms with Crippen molar-refractivity contribution in [2.45, 2.75) is 102 Å². The summed E-state index contributed by atoms with van der Waals surface area (Å²) in [6.07, 6.45) is 11.0. The number of imide groups is 1. The largest absolute Gasteiger partial charge is 0.332 e. The van der Waals surface area contributed by atoms with E-state index in [1.807, 2.05) is 6.07 Å². The van der Waals surface area contributed by atoms with Crippen LogP contribution in [0.4, 0.5) is 21.9 Å². The van der Waals surface area contributed by atoms with Crippen LogP contribution >= 0.6 is 23.2 Å². The molecule has 1 N–H and O–H groups in total. The van der Waals surface area contributed by atoms with Crippen LogP contribution in [0.2, 0.25) is 10.0 Å². The minimum atomic E-state index is -0.806. The summed E-state index contributed by atoms with van der Waals surface area (Å²) in [6, 6.07) is 14.4. The van der Waals surface area contributed by atoms with Crippen LogP contribution in [0.1, 0.15) is 93.7 Å². The summed E-state index contributed by atoms with van der Waals surface area (Å²) in [5, 5.41) is 39.1. The van der Waals surface area contributed by atoms with Crippen molar-refractivity contribution < 1.29 is 14.4 Å². The molecule has 1 spiro atoms. The summed E-state index contributed by atoms with van der Waals surface area (Å²) in [5.74, 6) is -0.221. The Morgan fingerprint density at radius 2 is 1.54 bits per heavy atom. The summed E-state index contributed by atoms with van der Waals surface area (Å²) in [4.78, 5) is 45.9. The van der Waals surface area contributed by atoms with E-state index in [0.29, 0.717) is 77.4 Å². The first-order valence-electron chi connectivity index (χ1n) is 17.0. The fraction of sp³-hybridized carbons (Fsp3) is 0.474. The summed E-state index contributed by atoms with van der Waals surface area (Å²) in [7, 11) is 0. The molecule has 3 amide bonds. The van der Waals surface area contributed by atoms with Crippen LogP contribution in [0.3, 0.4) is 0 Å². The highest BCUT2D eigenvalue weighted by Crippen LogP contribution is 2.45. The first-order chi connectivity index (χ1) is 25.0. The van der Waals surface area contributed by atoms with E-state index in [9.17, 15) is 14.4 Å². The van der Waals surface area contributed by atoms with E-state index in [1.54, 1.807) is 30.9 Å². The Morgan fingerprint density at radius 3 is 2.12 bits per heavy atom. The number of rotatable bonds is 9. The standard InChI is InChI=1S/C19H19ClN4O2.C10H15N3.C9H5ClN2O/c1-13-15(7-6-14(12-22)16(13)20)24-17(25)19(8-2-3-9-19)23(18(24)26)11-5-4-10-21;11-7-3-4-8-13-10(9-12)5-1-2-6-10;1-6-7(11-2)3-4-8(9(6)10)12-5-13/h6-7H,2-5,8-9,11H2,1H3;13H,1-6,8H2;3-4H,1H3. The Bertz CT molecular complexity index is 1910. The van der Waals surface area contributed by atoms with Crippen molar-refractivity contribution in [1.82, 2.24) is 10.2 Å². The second-order valence-electron chi connectivity index (χ2n) is 12.7. The normalized spacial score (nSPS) is 16.2. The van der Waals surface area contributed by atoms with Gasteiger partial charge in [-0.05, 0) is 88.2 Å². The molecule has 0 bridgehead atoms. The van der Waals surface area contributed by atoms with Crippen LogP contribution in [0.25, 0.3) is 4.85 Å². The minimum Gasteiger partial charge on any atom is -0.309 e. The molecule has 0 atom stereocenters. The van der Waals surface area contributed by atoms with Crippen molar-refractivity contribution in [3.63, 3.8) is 0 Å². The van der Waals surface area contributed by atoms with E-state index in [2.05, 4.69) is 33.4 Å². The number of benzene rings is 2. The lowest BCUT2D eigenvalue weighted by molar-refractivity contribution is -0.124. The monoisotopic (exact) mass is 739 g/mol. The summed E-state index contributed by atoms with van der Waals surface area (Å²) < 4.78 is 0. The molecule has 5 rings (SSSR count). The second kappa shape index (κ2) is 19.4. The van der Waals surface area contributed by atoms with Crippen LogP contribution in [-0.2, 0) is 9.59 Å². The second-order valence-corrected chi connectivity index (χ2v) is 13.5. The highest BCUT2D eigenvalue weighted by atomic mass is 35.5. The van der Waals surface area contributed by atoms with Crippen molar-refractivity contribution in [3.05, 3.63) is 62.4 Å². The Balaban J connectivity index is 0.000000235. The third-order valence-electron chi connectivity index (χ3n) is 9.58. The number of carbonyl (C=O) groups excluding carboxylic acids is 3. The lowest BCUT2D eigenvalue weighted by Gasteiger charge is -2.31. The van der Waals surface area contributed by atoms with Gasteiger partial charge in [0, 0.05) is 19.4 Å². The van der Waals surface area contributed by atoms with E-state index in [1.165, 1.54) is 23.1 Å². The molecule has 12 nitrogen and oxygen atoms in total. The highest BCUT2D eigenvalue weighted by Gasteiger charge is 2.58. The molecule has 2 saturated carbocycles. The number of amides is 3. The average Bonchev–Trinajstić information content (AvgIpc) is 3.88. The van der Waals surface area contributed by atoms with Crippen molar-refractivity contribution in [1.29, 1.82) is 21.0 Å².